The molecule has 2 aromatic carbocycles. The molecule has 1 aliphatic rings. The predicted octanol–water partition coefficient (Wildman–Crippen LogP) is 4.04. The van der Waals surface area contributed by atoms with Gasteiger partial charge in [-0.2, -0.15) is 5.10 Å². The van der Waals surface area contributed by atoms with E-state index in [4.69, 9.17) is 9.73 Å². The lowest BCUT2D eigenvalue weighted by molar-refractivity contribution is -0.134. The molecule has 0 atom stereocenters. The minimum Gasteiger partial charge on any atom is -0.461 e. The number of hydrazone groups is 1. The Bertz CT molecular complexity index is 989. The maximum Gasteiger partial charge on any atom is 0.361 e. The standard InChI is InChI=1S/C23H25N3O3/c1-5-29-22(28)21(26-25-18-12-10-16(11-13-18)15(2)27)20-19-9-7-6-8-17(19)14-23(3,4)24-20/h6-13,25H,5,14H2,1-4H3. The number of esters is 1. The van der Waals surface area contributed by atoms with E-state index in [1.807, 2.05) is 38.1 Å². The number of rotatable bonds is 6. The summed E-state index contributed by atoms with van der Waals surface area (Å²) in [6.45, 7) is 7.56. The van der Waals surface area contributed by atoms with Crippen molar-refractivity contribution in [3.8, 4) is 0 Å². The zero-order valence-electron chi connectivity index (χ0n) is 17.2. The lowest BCUT2D eigenvalue weighted by Gasteiger charge is -2.29. The van der Waals surface area contributed by atoms with Gasteiger partial charge in [0.15, 0.2) is 11.5 Å². The second-order valence-corrected chi connectivity index (χ2v) is 7.53. The minimum absolute atomic E-state index is 0.0114. The van der Waals surface area contributed by atoms with Crippen molar-refractivity contribution in [2.45, 2.75) is 39.7 Å². The normalized spacial score (nSPS) is 15.2. The molecule has 0 aliphatic carbocycles. The van der Waals surface area contributed by atoms with Gasteiger partial charge >= 0.3 is 5.97 Å². The molecule has 1 heterocycles. The molecule has 0 saturated heterocycles. The second kappa shape index (κ2) is 8.39. The van der Waals surface area contributed by atoms with Gasteiger partial charge in [0.05, 0.1) is 17.8 Å². The summed E-state index contributed by atoms with van der Waals surface area (Å²) in [6.07, 6.45) is 0.780. The number of aliphatic imine (C=N–C) groups is 1. The molecule has 6 heteroatoms. The number of hydrogen-bond acceptors (Lipinski definition) is 6. The molecule has 2 aromatic rings. The molecule has 0 bridgehead atoms. The lowest BCUT2D eigenvalue weighted by Crippen LogP contribution is -2.36. The number of ether oxygens (including phenoxy) is 1. The Hall–Kier alpha value is -3.28. The van der Waals surface area contributed by atoms with Gasteiger partial charge in [0.2, 0.25) is 0 Å². The zero-order chi connectivity index (χ0) is 21.0. The number of fused-ring (bicyclic) bond motifs is 1. The third kappa shape index (κ3) is 4.77. The predicted molar refractivity (Wildman–Crippen MR) is 115 cm³/mol. The van der Waals surface area contributed by atoms with Crippen LogP contribution in [0.25, 0.3) is 0 Å². The molecule has 3 rings (SSSR count). The van der Waals surface area contributed by atoms with E-state index in [0.717, 1.165) is 17.5 Å². The number of anilines is 1. The first-order chi connectivity index (χ1) is 13.8. The maximum atomic E-state index is 12.7. The van der Waals surface area contributed by atoms with Crippen molar-refractivity contribution in [2.24, 2.45) is 10.1 Å². The summed E-state index contributed by atoms with van der Waals surface area (Å²) in [5.41, 5.74) is 6.44. The Kier molecular flexibility index (Phi) is 5.92. The van der Waals surface area contributed by atoms with Crippen LogP contribution in [0.15, 0.2) is 58.6 Å². The molecular weight excluding hydrogens is 366 g/mol. The Morgan fingerprint density at radius 2 is 1.83 bits per heavy atom. The molecule has 1 N–H and O–H groups in total. The molecule has 0 saturated carbocycles. The molecule has 0 spiro atoms. The smallest absolute Gasteiger partial charge is 0.361 e. The van der Waals surface area contributed by atoms with Crippen molar-refractivity contribution in [1.29, 1.82) is 0 Å². The number of Topliss-reactive ketones (excluding diaryl/α,β-unsaturated/α-hetero) is 1. The highest BCUT2D eigenvalue weighted by molar-refractivity contribution is 6.69. The summed E-state index contributed by atoms with van der Waals surface area (Å²) >= 11 is 0. The number of ketones is 1. The van der Waals surface area contributed by atoms with E-state index in [1.54, 1.807) is 31.2 Å². The minimum atomic E-state index is -0.536. The zero-order valence-corrected chi connectivity index (χ0v) is 17.2. The quantitative estimate of drug-likeness (QED) is 0.349. The van der Waals surface area contributed by atoms with Gasteiger partial charge in [-0.3, -0.25) is 15.2 Å². The van der Waals surface area contributed by atoms with Gasteiger partial charge in [-0.15, -0.1) is 0 Å². The van der Waals surface area contributed by atoms with Crippen LogP contribution in [0, 0.1) is 0 Å². The number of nitrogens with one attached hydrogen (secondary N) is 1. The van der Waals surface area contributed by atoms with Crippen LogP contribution >= 0.6 is 0 Å². The number of carbonyl (C=O) groups excluding carboxylic acids is 2. The molecule has 150 valence electrons. The molecule has 0 aromatic heterocycles. The van der Waals surface area contributed by atoms with Crippen molar-refractivity contribution in [1.82, 2.24) is 0 Å². The molecular formula is C23H25N3O3. The van der Waals surface area contributed by atoms with E-state index in [2.05, 4.69) is 10.5 Å². The van der Waals surface area contributed by atoms with Crippen LogP contribution in [-0.4, -0.2) is 35.3 Å². The summed E-state index contributed by atoms with van der Waals surface area (Å²) in [7, 11) is 0. The van der Waals surface area contributed by atoms with Crippen molar-refractivity contribution < 1.29 is 14.3 Å². The highest BCUT2D eigenvalue weighted by Gasteiger charge is 2.32. The van der Waals surface area contributed by atoms with Crippen LogP contribution in [0.2, 0.25) is 0 Å². The first kappa shape index (κ1) is 20.5. The molecule has 29 heavy (non-hydrogen) atoms. The molecule has 0 fully saturated rings. The fourth-order valence-corrected chi connectivity index (χ4v) is 3.25. The SMILES string of the molecule is CCOC(=O)C(=NNc1ccc(C(C)=O)cc1)C1=NC(C)(C)Cc2ccccc21. The second-order valence-electron chi connectivity index (χ2n) is 7.53. The van der Waals surface area contributed by atoms with Gasteiger partial charge in [-0.25, -0.2) is 4.79 Å². The fourth-order valence-electron chi connectivity index (χ4n) is 3.25. The highest BCUT2D eigenvalue weighted by atomic mass is 16.5. The first-order valence-electron chi connectivity index (χ1n) is 9.61. The molecule has 0 unspecified atom stereocenters. The van der Waals surface area contributed by atoms with E-state index in [-0.39, 0.29) is 23.6 Å². The summed E-state index contributed by atoms with van der Waals surface area (Å²) in [6, 6.07) is 14.8. The first-order valence-corrected chi connectivity index (χ1v) is 9.61. The Morgan fingerprint density at radius 3 is 2.48 bits per heavy atom. The molecule has 1 aliphatic heterocycles. The Balaban J connectivity index is 2.01. The van der Waals surface area contributed by atoms with Crippen LogP contribution in [0.4, 0.5) is 5.69 Å². The van der Waals surface area contributed by atoms with Crippen LogP contribution in [0.1, 0.15) is 49.2 Å². The number of nitrogens with zero attached hydrogens (tertiary/aromatic N) is 2. The van der Waals surface area contributed by atoms with E-state index >= 15 is 0 Å². The van der Waals surface area contributed by atoms with Gasteiger partial charge in [-0.05, 0) is 63.9 Å². The lowest BCUT2D eigenvalue weighted by atomic mass is 9.85. The Morgan fingerprint density at radius 1 is 1.14 bits per heavy atom. The van der Waals surface area contributed by atoms with Crippen molar-refractivity contribution >= 4 is 28.9 Å². The van der Waals surface area contributed by atoms with Gasteiger partial charge in [0, 0.05) is 11.1 Å². The number of carbonyl (C=O) groups is 2. The van der Waals surface area contributed by atoms with Crippen molar-refractivity contribution in [2.75, 3.05) is 12.0 Å². The van der Waals surface area contributed by atoms with Gasteiger partial charge < -0.3 is 4.74 Å². The van der Waals surface area contributed by atoms with Gasteiger partial charge in [0.25, 0.3) is 0 Å². The van der Waals surface area contributed by atoms with E-state index < -0.39 is 5.97 Å². The average molecular weight is 391 g/mol. The number of benzene rings is 2. The summed E-state index contributed by atoms with van der Waals surface area (Å²) in [5.74, 6) is -0.547. The van der Waals surface area contributed by atoms with Crippen LogP contribution < -0.4 is 5.43 Å². The molecule has 6 nitrogen and oxygen atoms in total. The van der Waals surface area contributed by atoms with E-state index in [0.29, 0.717) is 17.0 Å². The Labute approximate surface area is 170 Å². The average Bonchev–Trinajstić information content (AvgIpc) is 2.67. The summed E-state index contributed by atoms with van der Waals surface area (Å²) in [4.78, 5) is 29.0. The monoisotopic (exact) mass is 391 g/mol. The summed E-state index contributed by atoms with van der Waals surface area (Å²) in [5, 5.41) is 4.35. The van der Waals surface area contributed by atoms with E-state index in [9.17, 15) is 9.59 Å². The summed E-state index contributed by atoms with van der Waals surface area (Å²) < 4.78 is 5.24. The van der Waals surface area contributed by atoms with Crippen LogP contribution in [0.3, 0.4) is 0 Å². The van der Waals surface area contributed by atoms with Crippen molar-refractivity contribution in [3.63, 3.8) is 0 Å². The van der Waals surface area contributed by atoms with Gasteiger partial charge in [0.1, 0.15) is 5.71 Å². The van der Waals surface area contributed by atoms with E-state index in [1.165, 1.54) is 6.92 Å². The van der Waals surface area contributed by atoms with Gasteiger partial charge in [-0.1, -0.05) is 24.3 Å². The topological polar surface area (TPSA) is 80.1 Å². The number of hydrogen-bond donors (Lipinski definition) is 1. The van der Waals surface area contributed by atoms with Crippen LogP contribution in [-0.2, 0) is 16.0 Å². The molecule has 0 radical (unpaired) electrons. The largest absolute Gasteiger partial charge is 0.461 e. The third-order valence-electron chi connectivity index (χ3n) is 4.59. The maximum absolute atomic E-state index is 12.7. The fraction of sp³-hybridized carbons (Fsp3) is 0.304. The highest BCUT2D eigenvalue weighted by Crippen LogP contribution is 2.27. The van der Waals surface area contributed by atoms with Crippen LogP contribution in [0.5, 0.6) is 0 Å². The molecule has 0 amide bonds. The van der Waals surface area contributed by atoms with Crippen molar-refractivity contribution in [3.05, 3.63) is 65.2 Å². The third-order valence-corrected chi connectivity index (χ3v) is 4.59.